The number of rotatable bonds is 12. The van der Waals surface area contributed by atoms with Gasteiger partial charge in [0.1, 0.15) is 34.7 Å². The largest absolute Gasteiger partial charge is 0.492 e. The molecule has 4 heterocycles. The Morgan fingerprint density at radius 3 is 2.63 bits per heavy atom. The van der Waals surface area contributed by atoms with Gasteiger partial charge in [-0.2, -0.15) is 0 Å². The first-order chi connectivity index (χ1) is 26.2. The van der Waals surface area contributed by atoms with Crippen LogP contribution in [0.4, 0.5) is 0 Å². The quantitative estimate of drug-likeness (QED) is 0.119. The molecule has 4 unspecified atom stereocenters. The van der Waals surface area contributed by atoms with Gasteiger partial charge in [-0.15, -0.1) is 0 Å². The lowest BCUT2D eigenvalue weighted by molar-refractivity contribution is -0.141. The normalized spacial score (nSPS) is 24.6. The molecule has 0 radical (unpaired) electrons. The fraction of sp³-hybridized carbons (Fsp3) is 0.512. The molecule has 5 N–H and O–H groups in total. The smallest absolute Gasteiger partial charge is 0.375 e. The van der Waals surface area contributed by atoms with Crippen LogP contribution in [0.1, 0.15) is 74.1 Å². The molecular weight excluding hydrogens is 696 g/mol. The van der Waals surface area contributed by atoms with E-state index in [2.05, 4.69) is 10.3 Å². The van der Waals surface area contributed by atoms with Gasteiger partial charge in [-0.05, 0) is 81.5 Å². The maximum absolute atomic E-state index is 14.0. The number of carbonyl (C=O) groups excluding carboxylic acids is 3. The molecule has 0 amide bonds. The van der Waals surface area contributed by atoms with Gasteiger partial charge in [0.25, 0.3) is 0 Å². The molecule has 0 bridgehead atoms. The zero-order chi connectivity index (χ0) is 38.1. The number of fused-ring (bicyclic) bond motifs is 3. The van der Waals surface area contributed by atoms with Crippen LogP contribution in [0.15, 0.2) is 40.1 Å². The molecule has 0 aromatic heterocycles. The lowest BCUT2D eigenvalue weighted by Gasteiger charge is -2.39. The minimum atomic E-state index is -1.27. The molecule has 2 aromatic rings. The molecule has 13 heteroatoms. The Hall–Kier alpha value is -4.40. The average molecular weight is 745 g/mol. The van der Waals surface area contributed by atoms with Crippen LogP contribution < -0.4 is 30.1 Å². The Morgan fingerprint density at radius 1 is 1.13 bits per heavy atom. The number of hydrogen-bond donors (Lipinski definition) is 5. The molecule has 1 aliphatic carbocycles. The van der Waals surface area contributed by atoms with Crippen LogP contribution in [-0.2, 0) is 32.1 Å². The van der Waals surface area contributed by atoms with Crippen molar-refractivity contribution in [3.63, 3.8) is 0 Å². The molecule has 2 fully saturated rings. The Bertz CT molecular complexity index is 2030. The topological polar surface area (TPSA) is 193 Å². The summed E-state index contributed by atoms with van der Waals surface area (Å²) >= 11 is 0. The number of ether oxygens (including phenoxy) is 4. The predicted octanol–water partition coefficient (Wildman–Crippen LogP) is 1.33. The Morgan fingerprint density at radius 2 is 1.93 bits per heavy atom. The van der Waals surface area contributed by atoms with E-state index in [-0.39, 0.29) is 96.7 Å². The highest BCUT2D eigenvalue weighted by molar-refractivity contribution is 6.11. The molecule has 0 spiro atoms. The van der Waals surface area contributed by atoms with Gasteiger partial charge in [0.15, 0.2) is 6.29 Å². The molecular formula is C41H48N2O11. The molecule has 13 nitrogen and oxygen atoms in total. The third kappa shape index (κ3) is 6.66. The Labute approximate surface area is 313 Å². The van der Waals surface area contributed by atoms with Crippen LogP contribution in [0.3, 0.4) is 0 Å². The van der Waals surface area contributed by atoms with Gasteiger partial charge >= 0.3 is 5.97 Å². The summed E-state index contributed by atoms with van der Waals surface area (Å²) in [6.45, 7) is 4.30. The van der Waals surface area contributed by atoms with Crippen molar-refractivity contribution in [3.8, 4) is 17.2 Å². The van der Waals surface area contributed by atoms with Crippen LogP contribution in [-0.4, -0.2) is 96.2 Å². The number of carbonyl (C=O) groups is 3. The number of aliphatic hydroxyl groups excluding tert-OH is 3. The number of nitrogens with zero attached hydrogens (tertiary/aromatic N) is 1. The van der Waals surface area contributed by atoms with E-state index in [1.54, 1.807) is 13.8 Å². The second kappa shape index (κ2) is 15.8. The van der Waals surface area contributed by atoms with Crippen LogP contribution in [0.2, 0.25) is 0 Å². The van der Waals surface area contributed by atoms with Crippen molar-refractivity contribution in [1.29, 1.82) is 0 Å². The fourth-order valence-corrected chi connectivity index (χ4v) is 8.69. The molecule has 7 rings (SSSR count). The molecule has 4 atom stereocenters. The first kappa shape index (κ1) is 37.9. The molecule has 288 valence electrons. The minimum Gasteiger partial charge on any atom is -0.492 e. The summed E-state index contributed by atoms with van der Waals surface area (Å²) in [5, 5.41) is 48.4. The average Bonchev–Trinajstić information content (AvgIpc) is 3.86. The number of aliphatic hydroxyl groups is 4. The van der Waals surface area contributed by atoms with Gasteiger partial charge in [-0.1, -0.05) is 17.7 Å². The second-order valence-electron chi connectivity index (χ2n) is 14.7. The van der Waals surface area contributed by atoms with Crippen molar-refractivity contribution in [2.75, 3.05) is 46.1 Å². The maximum Gasteiger partial charge on any atom is 0.375 e. The van der Waals surface area contributed by atoms with Crippen LogP contribution in [0, 0.1) is 11.8 Å². The number of ketones is 1. The van der Waals surface area contributed by atoms with E-state index < -0.39 is 48.5 Å². The number of nitrogens with one attached hydrogen (secondary N) is 1. The highest BCUT2D eigenvalue weighted by Gasteiger charge is 2.49. The zero-order valence-corrected chi connectivity index (χ0v) is 30.7. The monoisotopic (exact) mass is 744 g/mol. The molecule has 2 aromatic carbocycles. The molecule has 4 aliphatic heterocycles. The second-order valence-corrected chi connectivity index (χ2v) is 14.7. The van der Waals surface area contributed by atoms with E-state index in [1.807, 2.05) is 24.3 Å². The number of Topliss-reactive ketones (excluding diaryl/α,β-unsaturated/α-hetero) is 1. The highest BCUT2D eigenvalue weighted by atomic mass is 16.6. The summed E-state index contributed by atoms with van der Waals surface area (Å²) in [6, 6.07) is 5.66. The van der Waals surface area contributed by atoms with Gasteiger partial charge in [0, 0.05) is 42.4 Å². The van der Waals surface area contributed by atoms with Crippen molar-refractivity contribution >= 4 is 29.7 Å². The van der Waals surface area contributed by atoms with Crippen molar-refractivity contribution < 1.29 is 53.8 Å². The standard InChI is InChI=1S/C41H48N2O11/c1-3-51-40(49)39-29(20-46)33(24-16-25(19-45)35(48)27(17-24)22-5-6-31-23(15-22)7-12-43-31)34-37(52-14-4-13-44)28-18-32(41(2,50)26-8-10-42-11-9-26)53-36(28)30(21-47)38(34)54-39/h5-7,15,20,25-27,32,42,44-45,47,50H,3-4,8-14,16-19,21H2,1-2H3. The van der Waals surface area contributed by atoms with E-state index in [0.717, 1.165) is 42.1 Å². The van der Waals surface area contributed by atoms with Gasteiger partial charge in [0.05, 0.1) is 55.0 Å². The van der Waals surface area contributed by atoms with Crippen molar-refractivity contribution in [3.05, 3.63) is 67.9 Å². The lowest BCUT2D eigenvalue weighted by Crippen LogP contribution is -2.51. The van der Waals surface area contributed by atoms with E-state index >= 15 is 0 Å². The third-order valence-corrected chi connectivity index (χ3v) is 11.6. The zero-order valence-electron chi connectivity index (χ0n) is 30.7. The number of allylic oxidation sites excluding steroid dienone is 3. The summed E-state index contributed by atoms with van der Waals surface area (Å²) in [4.78, 5) is 45.3. The van der Waals surface area contributed by atoms with Crippen LogP contribution in [0.25, 0.3) is 11.6 Å². The molecule has 1 saturated heterocycles. The van der Waals surface area contributed by atoms with Crippen molar-refractivity contribution in [1.82, 2.24) is 5.32 Å². The van der Waals surface area contributed by atoms with Gasteiger partial charge in [0.2, 0.25) is 5.76 Å². The van der Waals surface area contributed by atoms with E-state index in [1.165, 1.54) is 0 Å². The Kier molecular flexibility index (Phi) is 11.1. The first-order valence-corrected chi connectivity index (χ1v) is 18.9. The predicted molar refractivity (Wildman–Crippen MR) is 195 cm³/mol. The van der Waals surface area contributed by atoms with Gasteiger partial charge in [-0.25, -0.2) is 4.79 Å². The first-order valence-electron chi connectivity index (χ1n) is 18.9. The van der Waals surface area contributed by atoms with Crippen molar-refractivity contribution in [2.45, 2.75) is 76.6 Å². The summed E-state index contributed by atoms with van der Waals surface area (Å²) in [6.07, 6.45) is 3.94. The van der Waals surface area contributed by atoms with E-state index in [9.17, 15) is 34.8 Å². The number of hydrogen-bond acceptors (Lipinski definition) is 13. The number of piperidine rings is 1. The molecule has 1 saturated carbocycles. The fourth-order valence-electron chi connectivity index (χ4n) is 8.69. The summed E-state index contributed by atoms with van der Waals surface area (Å²) in [7, 11) is 0. The number of esters is 1. The maximum atomic E-state index is 14.0. The van der Waals surface area contributed by atoms with Crippen molar-refractivity contribution in [2.24, 2.45) is 16.8 Å². The molecule has 54 heavy (non-hydrogen) atoms. The van der Waals surface area contributed by atoms with Gasteiger partial charge in [-0.3, -0.25) is 14.6 Å². The van der Waals surface area contributed by atoms with Gasteiger partial charge < -0.3 is 44.7 Å². The third-order valence-electron chi connectivity index (χ3n) is 11.6. The summed E-state index contributed by atoms with van der Waals surface area (Å²) in [5.41, 5.74) is 1.27. The van der Waals surface area contributed by atoms with Crippen LogP contribution in [0.5, 0.6) is 17.2 Å². The summed E-state index contributed by atoms with van der Waals surface area (Å²) < 4.78 is 24.7. The Balaban J connectivity index is 1.46. The minimum absolute atomic E-state index is 0.00941. The lowest BCUT2D eigenvalue weighted by atomic mass is 9.71. The number of benzene rings is 2. The van der Waals surface area contributed by atoms with E-state index in [4.69, 9.17) is 18.9 Å². The number of aldehydes is 1. The summed E-state index contributed by atoms with van der Waals surface area (Å²) in [5.74, 6) is -2.49. The van der Waals surface area contributed by atoms with E-state index in [0.29, 0.717) is 24.0 Å². The molecule has 5 aliphatic rings. The highest BCUT2D eigenvalue weighted by Crippen LogP contribution is 2.57. The SMILES string of the molecule is CCOC(=O)C1=C(C=O)C(=C2CC(CO)C(=O)C(c3ccc4c(c3)=CCN=4)C2)c2c(OCCCO)c3c(c(CO)c2O1)OC(C(C)(O)C1CCNCC1)C3. The van der Waals surface area contributed by atoms with Crippen LogP contribution >= 0.6 is 0 Å².